The second-order valence-electron chi connectivity index (χ2n) is 7.18. The van der Waals surface area contributed by atoms with Gasteiger partial charge in [-0.3, -0.25) is 14.7 Å². The first kappa shape index (κ1) is 18.8. The van der Waals surface area contributed by atoms with Gasteiger partial charge in [0.25, 0.3) is 0 Å². The van der Waals surface area contributed by atoms with E-state index in [0.717, 1.165) is 36.6 Å². The summed E-state index contributed by atoms with van der Waals surface area (Å²) in [5.41, 5.74) is 2.23. The molecule has 3 aromatic rings. The average molecular weight is 393 g/mol. The molecular weight excluding hydrogens is 368 g/mol. The second-order valence-corrected chi connectivity index (χ2v) is 8.16. The predicted octanol–water partition coefficient (Wildman–Crippen LogP) is 3.26. The monoisotopic (exact) mass is 392 g/mol. The molecule has 1 fully saturated rings. The topological polar surface area (TPSA) is 58.1 Å². The van der Waals surface area contributed by atoms with Gasteiger partial charge in [-0.15, -0.1) is 11.3 Å². The Kier molecular flexibility index (Phi) is 6.09. The molecule has 3 heterocycles. The minimum absolute atomic E-state index is 0.0510. The summed E-state index contributed by atoms with van der Waals surface area (Å²) in [5.74, 6) is 0.377. The maximum atomic E-state index is 12.7. The lowest BCUT2D eigenvalue weighted by molar-refractivity contribution is -0.121. The van der Waals surface area contributed by atoms with Gasteiger partial charge in [0.1, 0.15) is 5.01 Å². The Morgan fingerprint density at radius 1 is 1.18 bits per heavy atom. The van der Waals surface area contributed by atoms with Gasteiger partial charge in [-0.1, -0.05) is 36.4 Å². The number of pyridine rings is 1. The van der Waals surface area contributed by atoms with Crippen molar-refractivity contribution in [1.82, 2.24) is 20.2 Å². The quantitative estimate of drug-likeness (QED) is 0.700. The maximum Gasteiger partial charge on any atom is 0.224 e. The van der Waals surface area contributed by atoms with Gasteiger partial charge in [0.05, 0.1) is 13.0 Å². The molecule has 1 aliphatic rings. The maximum absolute atomic E-state index is 12.7. The number of benzene rings is 1. The molecule has 1 amide bonds. The average Bonchev–Trinajstić information content (AvgIpc) is 3.23. The highest BCUT2D eigenvalue weighted by Crippen LogP contribution is 2.29. The Morgan fingerprint density at radius 3 is 2.82 bits per heavy atom. The number of hydrogen-bond acceptors (Lipinski definition) is 5. The Balaban J connectivity index is 1.46. The number of carbonyl (C=O) groups excluding carboxylic acids is 1. The number of hydrogen-bond donors (Lipinski definition) is 1. The molecule has 1 N–H and O–H groups in total. The number of likely N-dealkylation sites (tertiary alicyclic amines) is 1. The van der Waals surface area contributed by atoms with Crippen molar-refractivity contribution in [3.05, 3.63) is 82.6 Å². The summed E-state index contributed by atoms with van der Waals surface area (Å²) in [6.45, 7) is 2.68. The number of amides is 1. The molecule has 0 spiro atoms. The van der Waals surface area contributed by atoms with E-state index >= 15 is 0 Å². The summed E-state index contributed by atoms with van der Waals surface area (Å²) in [5, 5.41) is 6.44. The highest BCUT2D eigenvalue weighted by Gasteiger charge is 2.31. The van der Waals surface area contributed by atoms with Crippen LogP contribution in [-0.4, -0.2) is 39.9 Å². The van der Waals surface area contributed by atoms with E-state index in [1.54, 1.807) is 23.7 Å². The lowest BCUT2D eigenvalue weighted by atomic mass is 9.85. The lowest BCUT2D eigenvalue weighted by Gasteiger charge is -2.39. The summed E-state index contributed by atoms with van der Waals surface area (Å²) in [4.78, 5) is 23.6. The van der Waals surface area contributed by atoms with Crippen molar-refractivity contribution in [2.45, 2.75) is 31.3 Å². The first-order chi connectivity index (χ1) is 13.8. The fourth-order valence-electron chi connectivity index (χ4n) is 3.88. The summed E-state index contributed by atoms with van der Waals surface area (Å²) in [7, 11) is 0. The SMILES string of the molecule is O=C(Cc1cccnc1)N[C@H]1CN(Cc2nccs2)CC[C@H]1c1ccccc1. The van der Waals surface area contributed by atoms with E-state index in [9.17, 15) is 4.79 Å². The van der Waals surface area contributed by atoms with Crippen molar-refractivity contribution in [3.63, 3.8) is 0 Å². The van der Waals surface area contributed by atoms with E-state index in [-0.39, 0.29) is 11.9 Å². The van der Waals surface area contributed by atoms with Gasteiger partial charge in [0, 0.05) is 42.5 Å². The van der Waals surface area contributed by atoms with E-state index in [2.05, 4.69) is 44.5 Å². The van der Waals surface area contributed by atoms with Crippen LogP contribution in [0.2, 0.25) is 0 Å². The summed E-state index contributed by atoms with van der Waals surface area (Å²) in [6, 6.07) is 14.4. The smallest absolute Gasteiger partial charge is 0.224 e. The third kappa shape index (κ3) is 4.82. The molecule has 28 heavy (non-hydrogen) atoms. The Labute approximate surface area is 169 Å². The zero-order chi connectivity index (χ0) is 19.2. The molecule has 6 heteroatoms. The molecule has 1 saturated heterocycles. The molecule has 1 aliphatic heterocycles. The molecule has 2 aromatic heterocycles. The van der Waals surface area contributed by atoms with Crippen molar-refractivity contribution < 1.29 is 4.79 Å². The van der Waals surface area contributed by atoms with Gasteiger partial charge in [-0.25, -0.2) is 4.98 Å². The van der Waals surface area contributed by atoms with Gasteiger partial charge in [0.15, 0.2) is 0 Å². The van der Waals surface area contributed by atoms with E-state index in [1.807, 2.05) is 29.8 Å². The second kappa shape index (κ2) is 9.08. The zero-order valence-electron chi connectivity index (χ0n) is 15.7. The third-order valence-electron chi connectivity index (χ3n) is 5.20. The van der Waals surface area contributed by atoms with Crippen molar-refractivity contribution >= 4 is 17.2 Å². The zero-order valence-corrected chi connectivity index (χ0v) is 16.5. The molecular formula is C22H24N4OS. The standard InChI is InChI=1S/C22H24N4OS/c27-21(13-17-5-4-9-23-14-17)25-20-15-26(16-22-24-10-12-28-22)11-8-19(20)18-6-2-1-3-7-18/h1-7,9-10,12,14,19-20H,8,11,13,15-16H2,(H,25,27)/t19-,20-/m0/s1. The van der Waals surface area contributed by atoms with Crippen LogP contribution in [0.25, 0.3) is 0 Å². The number of thiazole rings is 1. The summed E-state index contributed by atoms with van der Waals surface area (Å²) < 4.78 is 0. The largest absolute Gasteiger partial charge is 0.351 e. The van der Waals surface area contributed by atoms with E-state index in [4.69, 9.17) is 0 Å². The summed E-state index contributed by atoms with van der Waals surface area (Å²) >= 11 is 1.68. The van der Waals surface area contributed by atoms with Gasteiger partial charge >= 0.3 is 0 Å². The number of rotatable bonds is 6. The molecule has 144 valence electrons. The molecule has 1 aromatic carbocycles. The Bertz CT molecular complexity index is 870. The molecule has 0 unspecified atom stereocenters. The van der Waals surface area contributed by atoms with Crippen LogP contribution in [0.15, 0.2) is 66.4 Å². The van der Waals surface area contributed by atoms with Gasteiger partial charge in [-0.05, 0) is 30.2 Å². The van der Waals surface area contributed by atoms with Crippen molar-refractivity contribution in [1.29, 1.82) is 0 Å². The number of piperidine rings is 1. The summed E-state index contributed by atoms with van der Waals surface area (Å²) in [6.07, 6.45) is 6.71. The van der Waals surface area contributed by atoms with Crippen LogP contribution in [0.4, 0.5) is 0 Å². The minimum Gasteiger partial charge on any atom is -0.351 e. The Morgan fingerprint density at radius 2 is 2.07 bits per heavy atom. The van der Waals surface area contributed by atoms with Crippen molar-refractivity contribution in [3.8, 4) is 0 Å². The molecule has 0 bridgehead atoms. The van der Waals surface area contributed by atoms with Crippen LogP contribution in [0.5, 0.6) is 0 Å². The molecule has 2 atom stereocenters. The molecule has 5 nitrogen and oxygen atoms in total. The van der Waals surface area contributed by atoms with Crippen LogP contribution >= 0.6 is 11.3 Å². The minimum atomic E-state index is 0.0510. The fourth-order valence-corrected chi connectivity index (χ4v) is 4.53. The van der Waals surface area contributed by atoms with Crippen LogP contribution in [-0.2, 0) is 17.8 Å². The van der Waals surface area contributed by atoms with Crippen molar-refractivity contribution in [2.75, 3.05) is 13.1 Å². The van der Waals surface area contributed by atoms with Gasteiger partial charge in [-0.2, -0.15) is 0 Å². The Hall–Kier alpha value is -2.57. The lowest BCUT2D eigenvalue weighted by Crippen LogP contribution is -2.51. The highest BCUT2D eigenvalue weighted by atomic mass is 32.1. The van der Waals surface area contributed by atoms with Gasteiger partial charge < -0.3 is 5.32 Å². The van der Waals surface area contributed by atoms with Crippen LogP contribution < -0.4 is 5.32 Å². The molecule has 0 radical (unpaired) electrons. The molecule has 0 aliphatic carbocycles. The number of carbonyl (C=O) groups is 1. The first-order valence-corrected chi connectivity index (χ1v) is 10.5. The predicted molar refractivity (Wildman–Crippen MR) is 111 cm³/mol. The third-order valence-corrected chi connectivity index (χ3v) is 5.97. The fraction of sp³-hybridized carbons (Fsp3) is 0.318. The normalized spacial score (nSPS) is 20.0. The van der Waals surface area contributed by atoms with Crippen molar-refractivity contribution in [2.24, 2.45) is 0 Å². The van der Waals surface area contributed by atoms with Crippen LogP contribution in [0.3, 0.4) is 0 Å². The van der Waals surface area contributed by atoms with Crippen LogP contribution in [0.1, 0.15) is 28.5 Å². The van der Waals surface area contributed by atoms with E-state index in [1.165, 1.54) is 5.56 Å². The van der Waals surface area contributed by atoms with E-state index in [0.29, 0.717) is 12.3 Å². The number of nitrogens with zero attached hydrogens (tertiary/aromatic N) is 3. The highest BCUT2D eigenvalue weighted by molar-refractivity contribution is 7.09. The number of aromatic nitrogens is 2. The van der Waals surface area contributed by atoms with Gasteiger partial charge in [0.2, 0.25) is 5.91 Å². The number of nitrogens with one attached hydrogen (secondary N) is 1. The van der Waals surface area contributed by atoms with E-state index < -0.39 is 0 Å². The first-order valence-electron chi connectivity index (χ1n) is 9.62. The molecule has 4 rings (SSSR count). The van der Waals surface area contributed by atoms with Crippen LogP contribution in [0, 0.1) is 0 Å². The molecule has 0 saturated carbocycles.